The predicted octanol–water partition coefficient (Wildman–Crippen LogP) is 2.46. The summed E-state index contributed by atoms with van der Waals surface area (Å²) in [5.74, 6) is 3.48. The smallest absolute Gasteiger partial charge is 0.137 e. The van der Waals surface area contributed by atoms with Crippen LogP contribution in [-0.4, -0.2) is 26.3 Å². The van der Waals surface area contributed by atoms with Gasteiger partial charge in [-0.15, -0.1) is 0 Å². The Morgan fingerprint density at radius 1 is 1.10 bits per heavy atom. The number of hydrogen-bond donors (Lipinski definition) is 1. The molecule has 112 valence electrons. The number of hydrogen-bond acceptors (Lipinski definition) is 2. The predicted molar refractivity (Wildman–Crippen MR) is 81.2 cm³/mol. The first-order valence-corrected chi connectivity index (χ1v) is 7.81. The van der Waals surface area contributed by atoms with E-state index in [1.807, 2.05) is 24.3 Å². The minimum atomic E-state index is 0.768. The van der Waals surface area contributed by atoms with Crippen molar-refractivity contribution in [1.29, 1.82) is 0 Å². The monoisotopic (exact) mass is 278 g/mol. The van der Waals surface area contributed by atoms with Crippen molar-refractivity contribution < 1.29 is 14.8 Å². The average Bonchev–Trinajstić information content (AvgIpc) is 2.48. The molecule has 0 aliphatic heterocycles. The van der Waals surface area contributed by atoms with Gasteiger partial charge in [-0.2, -0.15) is 0 Å². The van der Waals surface area contributed by atoms with Crippen molar-refractivity contribution >= 4 is 0 Å². The summed E-state index contributed by atoms with van der Waals surface area (Å²) in [6.07, 6.45) is 4.13. The zero-order chi connectivity index (χ0) is 14.4. The van der Waals surface area contributed by atoms with Gasteiger partial charge in [0.15, 0.2) is 0 Å². The van der Waals surface area contributed by atoms with Crippen LogP contribution in [0.5, 0.6) is 11.5 Å². The topological polar surface area (TPSA) is 35.1 Å². The molecule has 1 aromatic carbocycles. The van der Waals surface area contributed by atoms with Gasteiger partial charge in [0.2, 0.25) is 0 Å². The van der Waals surface area contributed by atoms with Crippen molar-refractivity contribution in [3.8, 4) is 11.5 Å². The highest BCUT2D eigenvalue weighted by atomic mass is 16.5. The Morgan fingerprint density at radius 3 is 2.50 bits per heavy atom. The Bertz CT molecular complexity index is 390. The van der Waals surface area contributed by atoms with Crippen molar-refractivity contribution in [3.05, 3.63) is 24.3 Å². The molecule has 0 spiro atoms. The summed E-state index contributed by atoms with van der Waals surface area (Å²) in [5, 5.41) is 2.48. The molecule has 1 saturated carbocycles. The molecule has 0 heterocycles. The van der Waals surface area contributed by atoms with Gasteiger partial charge in [0.25, 0.3) is 0 Å². The number of ether oxygens (including phenoxy) is 2. The molecular formula is C17H28NO2+. The van der Waals surface area contributed by atoms with Gasteiger partial charge in [-0.1, -0.05) is 13.8 Å². The standard InChI is InChI=1S/C17H27NO2/c1-13-5-4-6-17(14(13)2)18-11-12-20-16-9-7-15(19-3)8-10-16/h7-10,13-14,17-18H,4-6,11-12H2,1-3H3/p+1/t13-,14-,17+/m0/s1. The van der Waals surface area contributed by atoms with Crippen LogP contribution in [0.1, 0.15) is 33.1 Å². The molecule has 2 rings (SSSR count). The summed E-state index contributed by atoms with van der Waals surface area (Å²) in [5.41, 5.74) is 0. The maximum Gasteiger partial charge on any atom is 0.137 e. The quantitative estimate of drug-likeness (QED) is 0.811. The van der Waals surface area contributed by atoms with Crippen LogP contribution in [0.2, 0.25) is 0 Å². The van der Waals surface area contributed by atoms with E-state index in [-0.39, 0.29) is 0 Å². The van der Waals surface area contributed by atoms with Gasteiger partial charge in [-0.3, -0.25) is 0 Å². The van der Waals surface area contributed by atoms with Gasteiger partial charge in [0, 0.05) is 5.92 Å². The molecule has 2 N–H and O–H groups in total. The first-order chi connectivity index (χ1) is 9.70. The fourth-order valence-corrected chi connectivity index (χ4v) is 3.09. The van der Waals surface area contributed by atoms with Gasteiger partial charge in [-0.05, 0) is 49.4 Å². The van der Waals surface area contributed by atoms with Crippen LogP contribution >= 0.6 is 0 Å². The first kappa shape index (κ1) is 15.2. The van der Waals surface area contributed by atoms with Crippen molar-refractivity contribution in [1.82, 2.24) is 0 Å². The molecule has 1 aliphatic rings. The molecule has 3 atom stereocenters. The Hall–Kier alpha value is -1.22. The fourth-order valence-electron chi connectivity index (χ4n) is 3.09. The number of quaternary nitrogens is 1. The lowest BCUT2D eigenvalue weighted by Gasteiger charge is -2.32. The van der Waals surface area contributed by atoms with Crippen molar-refractivity contribution in [2.24, 2.45) is 11.8 Å². The van der Waals surface area contributed by atoms with Crippen LogP contribution in [0.4, 0.5) is 0 Å². The molecule has 3 heteroatoms. The Labute approximate surface area is 122 Å². The van der Waals surface area contributed by atoms with E-state index in [1.54, 1.807) is 7.11 Å². The van der Waals surface area contributed by atoms with Crippen molar-refractivity contribution in [2.45, 2.75) is 39.2 Å². The summed E-state index contributed by atoms with van der Waals surface area (Å²) in [6, 6.07) is 8.57. The highest BCUT2D eigenvalue weighted by molar-refractivity contribution is 5.31. The molecule has 3 nitrogen and oxygen atoms in total. The normalized spacial score (nSPS) is 26.2. The SMILES string of the molecule is COc1ccc(OCC[NH2+][C@@H]2CCC[C@H](C)[C@@H]2C)cc1. The summed E-state index contributed by atoms with van der Waals surface area (Å²) < 4.78 is 10.9. The molecule has 0 saturated heterocycles. The van der Waals surface area contributed by atoms with E-state index in [0.29, 0.717) is 0 Å². The maximum absolute atomic E-state index is 5.77. The lowest BCUT2D eigenvalue weighted by atomic mass is 9.78. The number of rotatable bonds is 6. The van der Waals surface area contributed by atoms with E-state index >= 15 is 0 Å². The maximum atomic E-state index is 5.77. The summed E-state index contributed by atoms with van der Waals surface area (Å²) in [4.78, 5) is 0. The summed E-state index contributed by atoms with van der Waals surface area (Å²) in [7, 11) is 1.68. The molecule has 0 radical (unpaired) electrons. The Kier molecular flexibility index (Phi) is 5.72. The van der Waals surface area contributed by atoms with E-state index in [4.69, 9.17) is 9.47 Å². The lowest BCUT2D eigenvalue weighted by Crippen LogP contribution is -2.92. The van der Waals surface area contributed by atoms with E-state index < -0.39 is 0 Å². The average molecular weight is 278 g/mol. The number of nitrogens with two attached hydrogens (primary N) is 1. The Morgan fingerprint density at radius 2 is 1.80 bits per heavy atom. The van der Waals surface area contributed by atoms with Crippen LogP contribution in [0.25, 0.3) is 0 Å². The van der Waals surface area contributed by atoms with Crippen LogP contribution in [-0.2, 0) is 0 Å². The summed E-state index contributed by atoms with van der Waals surface area (Å²) >= 11 is 0. The molecule has 20 heavy (non-hydrogen) atoms. The number of methoxy groups -OCH3 is 1. The molecular weight excluding hydrogens is 250 g/mol. The molecule has 1 aliphatic carbocycles. The zero-order valence-corrected chi connectivity index (χ0v) is 13.0. The third-order valence-electron chi connectivity index (χ3n) is 4.69. The van der Waals surface area contributed by atoms with Crippen LogP contribution in [0, 0.1) is 11.8 Å². The third-order valence-corrected chi connectivity index (χ3v) is 4.69. The van der Waals surface area contributed by atoms with Crippen LogP contribution < -0.4 is 14.8 Å². The molecule has 1 fully saturated rings. The third kappa shape index (κ3) is 4.14. The van der Waals surface area contributed by atoms with Gasteiger partial charge >= 0.3 is 0 Å². The van der Waals surface area contributed by atoms with Gasteiger partial charge in [0.05, 0.1) is 13.2 Å². The second-order valence-corrected chi connectivity index (χ2v) is 5.98. The van der Waals surface area contributed by atoms with Crippen LogP contribution in [0.15, 0.2) is 24.3 Å². The van der Waals surface area contributed by atoms with Gasteiger partial charge < -0.3 is 14.8 Å². The second-order valence-electron chi connectivity index (χ2n) is 5.98. The molecule has 0 aromatic heterocycles. The van der Waals surface area contributed by atoms with E-state index in [1.165, 1.54) is 19.3 Å². The highest BCUT2D eigenvalue weighted by Crippen LogP contribution is 2.27. The second kappa shape index (κ2) is 7.53. The van der Waals surface area contributed by atoms with Gasteiger partial charge in [0.1, 0.15) is 24.7 Å². The van der Waals surface area contributed by atoms with Gasteiger partial charge in [-0.25, -0.2) is 0 Å². The molecule has 0 unspecified atom stereocenters. The van der Waals surface area contributed by atoms with Crippen molar-refractivity contribution in [2.75, 3.05) is 20.3 Å². The fraction of sp³-hybridized carbons (Fsp3) is 0.647. The van der Waals surface area contributed by atoms with Crippen molar-refractivity contribution in [3.63, 3.8) is 0 Å². The minimum absolute atomic E-state index is 0.768. The van der Waals surface area contributed by atoms with E-state index in [2.05, 4.69) is 19.2 Å². The molecule has 1 aromatic rings. The molecule has 0 amide bonds. The zero-order valence-electron chi connectivity index (χ0n) is 13.0. The largest absolute Gasteiger partial charge is 0.497 e. The summed E-state index contributed by atoms with van der Waals surface area (Å²) in [6.45, 7) is 6.59. The first-order valence-electron chi connectivity index (χ1n) is 7.81. The highest BCUT2D eigenvalue weighted by Gasteiger charge is 2.29. The van der Waals surface area contributed by atoms with E-state index in [9.17, 15) is 0 Å². The Balaban J connectivity index is 1.68. The minimum Gasteiger partial charge on any atom is -0.497 e. The van der Waals surface area contributed by atoms with E-state index in [0.717, 1.165) is 42.5 Å². The lowest BCUT2D eigenvalue weighted by molar-refractivity contribution is -0.699. The van der Waals surface area contributed by atoms with Crippen LogP contribution in [0.3, 0.4) is 0 Å². The number of benzene rings is 1. The molecule has 0 bridgehead atoms.